The van der Waals surface area contributed by atoms with Crippen LogP contribution < -0.4 is 5.32 Å². The van der Waals surface area contributed by atoms with Crippen LogP contribution in [-0.4, -0.2) is 15.8 Å². The van der Waals surface area contributed by atoms with Crippen molar-refractivity contribution in [1.82, 2.24) is 14.7 Å². The number of imidazole rings is 1. The minimum atomic E-state index is -0.652. The Morgan fingerprint density at radius 1 is 1.60 bits per heavy atom. The summed E-state index contributed by atoms with van der Waals surface area (Å²) < 4.78 is 1.77. The fraction of sp³-hybridized carbons (Fsp3) is 0.100. The number of nitrogens with one attached hydrogen (secondary N) is 1. The quantitative estimate of drug-likeness (QED) is 0.739. The molecule has 2 aromatic rings. The number of fused-ring (bicyclic) bond motifs is 1. The molecule has 0 aliphatic rings. The van der Waals surface area contributed by atoms with Crippen molar-refractivity contribution in [2.24, 2.45) is 0 Å². The molecule has 0 bridgehead atoms. The molecule has 2 heterocycles. The summed E-state index contributed by atoms with van der Waals surface area (Å²) >= 11 is 0. The van der Waals surface area contributed by atoms with E-state index < -0.39 is 6.04 Å². The van der Waals surface area contributed by atoms with Crippen molar-refractivity contribution in [1.29, 1.82) is 5.26 Å². The highest BCUT2D eigenvalue weighted by molar-refractivity contribution is 5.50. The third-order valence-electron chi connectivity index (χ3n) is 2.12. The first-order valence-electron chi connectivity index (χ1n) is 4.38. The molecular weight excluding hydrogens is 192 g/mol. The lowest BCUT2D eigenvalue weighted by Gasteiger charge is -2.09. The lowest BCUT2D eigenvalue weighted by molar-refractivity contribution is -0.109. The summed E-state index contributed by atoms with van der Waals surface area (Å²) in [5.41, 5.74) is 1.44. The standard InChI is InChI=1S/C10H8N4O/c11-6-8(13-7-15)9-2-1-3-10-12-4-5-14(9)10/h1-5,7-8H,(H,13,15). The maximum atomic E-state index is 10.3. The van der Waals surface area contributed by atoms with Crippen molar-refractivity contribution in [3.8, 4) is 6.07 Å². The topological polar surface area (TPSA) is 70.2 Å². The molecule has 0 saturated carbocycles. The first kappa shape index (κ1) is 9.21. The van der Waals surface area contributed by atoms with Crippen LogP contribution in [0.3, 0.4) is 0 Å². The van der Waals surface area contributed by atoms with Crippen molar-refractivity contribution in [2.75, 3.05) is 0 Å². The van der Waals surface area contributed by atoms with Gasteiger partial charge in [0.2, 0.25) is 6.41 Å². The fourth-order valence-corrected chi connectivity index (χ4v) is 1.46. The molecule has 2 aromatic heterocycles. The van der Waals surface area contributed by atoms with Crippen LogP contribution in [0.2, 0.25) is 0 Å². The van der Waals surface area contributed by atoms with Crippen molar-refractivity contribution in [2.45, 2.75) is 6.04 Å². The predicted molar refractivity (Wildman–Crippen MR) is 52.7 cm³/mol. The van der Waals surface area contributed by atoms with Gasteiger partial charge in [-0.2, -0.15) is 5.26 Å². The molecule has 0 aromatic carbocycles. The number of nitriles is 1. The zero-order valence-corrected chi connectivity index (χ0v) is 7.79. The molecule has 0 aliphatic heterocycles. The summed E-state index contributed by atoms with van der Waals surface area (Å²) in [6.45, 7) is 0. The Balaban J connectivity index is 2.54. The van der Waals surface area contributed by atoms with Crippen molar-refractivity contribution in [3.05, 3.63) is 36.3 Å². The van der Waals surface area contributed by atoms with E-state index in [1.165, 1.54) is 0 Å². The maximum Gasteiger partial charge on any atom is 0.208 e. The van der Waals surface area contributed by atoms with E-state index in [4.69, 9.17) is 5.26 Å². The first-order chi connectivity index (χ1) is 7.36. The Hall–Kier alpha value is -2.35. The van der Waals surface area contributed by atoms with Crippen LogP contribution in [0.1, 0.15) is 11.7 Å². The molecule has 1 atom stereocenters. The van der Waals surface area contributed by atoms with Crippen LogP contribution in [-0.2, 0) is 4.79 Å². The van der Waals surface area contributed by atoms with Gasteiger partial charge in [0.1, 0.15) is 5.65 Å². The first-order valence-corrected chi connectivity index (χ1v) is 4.38. The van der Waals surface area contributed by atoms with E-state index >= 15 is 0 Å². The van der Waals surface area contributed by atoms with Gasteiger partial charge in [0.05, 0.1) is 11.8 Å². The molecule has 1 amide bonds. The zero-order chi connectivity index (χ0) is 10.7. The second-order valence-electron chi connectivity index (χ2n) is 2.95. The second-order valence-corrected chi connectivity index (χ2v) is 2.95. The average molecular weight is 200 g/mol. The van der Waals surface area contributed by atoms with Crippen LogP contribution in [0.5, 0.6) is 0 Å². The summed E-state index contributed by atoms with van der Waals surface area (Å²) in [5, 5.41) is 11.3. The van der Waals surface area contributed by atoms with Crippen LogP contribution >= 0.6 is 0 Å². The van der Waals surface area contributed by atoms with E-state index in [-0.39, 0.29) is 0 Å². The molecule has 0 radical (unpaired) electrons. The average Bonchev–Trinajstić information content (AvgIpc) is 2.73. The molecule has 0 spiro atoms. The summed E-state index contributed by atoms with van der Waals surface area (Å²) in [6, 6.07) is 6.77. The van der Waals surface area contributed by atoms with Gasteiger partial charge in [-0.05, 0) is 12.1 Å². The van der Waals surface area contributed by atoms with E-state index in [2.05, 4.69) is 10.3 Å². The fourth-order valence-electron chi connectivity index (χ4n) is 1.46. The lowest BCUT2D eigenvalue weighted by Crippen LogP contribution is -2.19. The van der Waals surface area contributed by atoms with Gasteiger partial charge in [0, 0.05) is 12.4 Å². The number of rotatable bonds is 3. The highest BCUT2D eigenvalue weighted by Gasteiger charge is 2.12. The monoisotopic (exact) mass is 200 g/mol. The van der Waals surface area contributed by atoms with Gasteiger partial charge in [-0.3, -0.25) is 4.79 Å². The van der Waals surface area contributed by atoms with E-state index in [9.17, 15) is 4.79 Å². The number of hydrogen-bond acceptors (Lipinski definition) is 3. The molecule has 5 nitrogen and oxygen atoms in total. The van der Waals surface area contributed by atoms with Gasteiger partial charge in [-0.1, -0.05) is 6.07 Å². The third kappa shape index (κ3) is 1.53. The van der Waals surface area contributed by atoms with Crippen LogP contribution in [0.15, 0.2) is 30.6 Å². The van der Waals surface area contributed by atoms with Gasteiger partial charge in [0.25, 0.3) is 0 Å². The number of hydrogen-bond donors (Lipinski definition) is 1. The molecule has 74 valence electrons. The molecule has 1 N–H and O–H groups in total. The van der Waals surface area contributed by atoms with E-state index in [0.29, 0.717) is 12.1 Å². The molecule has 0 fully saturated rings. The maximum absolute atomic E-state index is 10.3. The van der Waals surface area contributed by atoms with Gasteiger partial charge in [-0.15, -0.1) is 0 Å². The highest BCUT2D eigenvalue weighted by Crippen LogP contribution is 2.13. The summed E-state index contributed by atoms with van der Waals surface area (Å²) in [6.07, 6.45) is 3.92. The van der Waals surface area contributed by atoms with Crippen molar-refractivity contribution >= 4 is 12.1 Å². The van der Waals surface area contributed by atoms with Gasteiger partial charge >= 0.3 is 0 Å². The molecule has 0 saturated heterocycles. The zero-order valence-electron chi connectivity index (χ0n) is 7.79. The SMILES string of the molecule is N#CC(NC=O)c1cccc2nccn12. The van der Waals surface area contributed by atoms with E-state index in [1.807, 2.05) is 12.1 Å². The normalized spacial score (nSPS) is 11.9. The molecule has 0 aliphatic carbocycles. The van der Waals surface area contributed by atoms with Crippen LogP contribution in [0, 0.1) is 11.3 Å². The number of carbonyl (C=O) groups is 1. The molecule has 1 unspecified atom stereocenters. The van der Waals surface area contributed by atoms with Gasteiger partial charge < -0.3 is 9.72 Å². The molecule has 15 heavy (non-hydrogen) atoms. The Bertz CT molecular complexity index is 525. The number of amides is 1. The number of pyridine rings is 1. The number of nitrogens with zero attached hydrogens (tertiary/aromatic N) is 3. The van der Waals surface area contributed by atoms with Crippen molar-refractivity contribution < 1.29 is 4.79 Å². The Morgan fingerprint density at radius 3 is 3.20 bits per heavy atom. The van der Waals surface area contributed by atoms with Crippen LogP contribution in [0.4, 0.5) is 0 Å². The Labute approximate surface area is 86.0 Å². The Kier molecular flexibility index (Phi) is 2.33. The molecule has 5 heteroatoms. The minimum absolute atomic E-state index is 0.518. The second kappa shape index (κ2) is 3.80. The summed E-state index contributed by atoms with van der Waals surface area (Å²) in [7, 11) is 0. The van der Waals surface area contributed by atoms with E-state index in [1.54, 1.807) is 28.9 Å². The predicted octanol–water partition coefficient (Wildman–Crippen LogP) is 0.645. The number of carbonyl (C=O) groups excluding carboxylic acids is 1. The highest BCUT2D eigenvalue weighted by atomic mass is 16.1. The third-order valence-corrected chi connectivity index (χ3v) is 2.12. The number of aromatic nitrogens is 2. The summed E-state index contributed by atoms with van der Waals surface area (Å²) in [4.78, 5) is 14.4. The van der Waals surface area contributed by atoms with E-state index in [0.717, 1.165) is 5.65 Å². The lowest BCUT2D eigenvalue weighted by atomic mass is 10.2. The largest absolute Gasteiger partial charge is 0.338 e. The minimum Gasteiger partial charge on any atom is -0.338 e. The Morgan fingerprint density at radius 2 is 2.47 bits per heavy atom. The molecule has 2 rings (SSSR count). The molecular formula is C10H8N4O. The smallest absolute Gasteiger partial charge is 0.208 e. The van der Waals surface area contributed by atoms with Crippen LogP contribution in [0.25, 0.3) is 5.65 Å². The summed E-state index contributed by atoms with van der Waals surface area (Å²) in [5.74, 6) is 0. The van der Waals surface area contributed by atoms with Gasteiger partial charge in [-0.25, -0.2) is 4.98 Å². The van der Waals surface area contributed by atoms with Gasteiger partial charge in [0.15, 0.2) is 6.04 Å². The van der Waals surface area contributed by atoms with Crippen molar-refractivity contribution in [3.63, 3.8) is 0 Å².